The van der Waals surface area contributed by atoms with Crippen molar-refractivity contribution in [2.45, 2.75) is 13.3 Å². The minimum Gasteiger partial charge on any atom is -0.478 e. The van der Waals surface area contributed by atoms with Gasteiger partial charge in [0.2, 0.25) is 0 Å². The zero-order chi connectivity index (χ0) is 15.4. The maximum atomic E-state index is 11.9. The summed E-state index contributed by atoms with van der Waals surface area (Å²) in [5.74, 6) is -0.594. The number of carboxylic acid groups (broad SMARTS) is 1. The number of carboxylic acids is 1. The van der Waals surface area contributed by atoms with Crippen LogP contribution in [0.5, 0.6) is 0 Å². The molecule has 0 spiro atoms. The Balaban J connectivity index is 1.95. The lowest BCUT2D eigenvalue weighted by Gasteiger charge is -2.14. The van der Waals surface area contributed by atoms with Crippen LogP contribution < -0.4 is 10.6 Å². The van der Waals surface area contributed by atoms with Gasteiger partial charge in [-0.05, 0) is 44.5 Å². The molecule has 1 aromatic carbocycles. The zero-order valence-electron chi connectivity index (χ0n) is 12.3. The molecule has 21 heavy (non-hydrogen) atoms. The molecule has 2 rings (SSSR count). The van der Waals surface area contributed by atoms with Crippen molar-refractivity contribution in [1.82, 2.24) is 10.2 Å². The molecule has 0 bridgehead atoms. The predicted molar refractivity (Wildman–Crippen MR) is 80.8 cm³/mol. The van der Waals surface area contributed by atoms with Gasteiger partial charge in [-0.25, -0.2) is 9.59 Å². The lowest BCUT2D eigenvalue weighted by atomic mass is 10.1. The minimum absolute atomic E-state index is 0.103. The van der Waals surface area contributed by atoms with Crippen molar-refractivity contribution in [2.24, 2.45) is 5.92 Å². The highest BCUT2D eigenvalue weighted by Crippen LogP contribution is 2.20. The van der Waals surface area contributed by atoms with Crippen molar-refractivity contribution >= 4 is 17.7 Å². The van der Waals surface area contributed by atoms with Gasteiger partial charge in [-0.1, -0.05) is 12.1 Å². The zero-order valence-corrected chi connectivity index (χ0v) is 12.3. The minimum atomic E-state index is -1.05. The lowest BCUT2D eigenvalue weighted by Crippen LogP contribution is -2.34. The molecule has 3 N–H and O–H groups in total. The summed E-state index contributed by atoms with van der Waals surface area (Å²) in [7, 11) is 2.06. The average Bonchev–Trinajstić information content (AvgIpc) is 2.84. The number of nitrogens with zero attached hydrogens (tertiary/aromatic N) is 1. The number of benzene rings is 1. The summed E-state index contributed by atoms with van der Waals surface area (Å²) in [4.78, 5) is 25.4. The quantitative estimate of drug-likeness (QED) is 0.789. The smallest absolute Gasteiger partial charge is 0.337 e. The number of aromatic carboxylic acids is 1. The van der Waals surface area contributed by atoms with Crippen molar-refractivity contribution in [3.63, 3.8) is 0 Å². The Labute approximate surface area is 124 Å². The molecule has 1 unspecified atom stereocenters. The number of hydrogen-bond donors (Lipinski definition) is 3. The number of carbonyl (C=O) groups excluding carboxylic acids is 1. The van der Waals surface area contributed by atoms with Crippen LogP contribution in [0.3, 0.4) is 0 Å². The molecular weight excluding hydrogens is 270 g/mol. The molecule has 6 nitrogen and oxygen atoms in total. The van der Waals surface area contributed by atoms with Crippen molar-refractivity contribution in [1.29, 1.82) is 0 Å². The number of urea groups is 1. The first kappa shape index (κ1) is 15.3. The monoisotopic (exact) mass is 291 g/mol. The largest absolute Gasteiger partial charge is 0.478 e. The number of hydrogen-bond acceptors (Lipinski definition) is 3. The van der Waals surface area contributed by atoms with E-state index in [1.165, 1.54) is 6.07 Å². The molecule has 6 heteroatoms. The number of carbonyl (C=O) groups is 2. The first-order valence-corrected chi connectivity index (χ1v) is 7.03. The molecule has 1 fully saturated rings. The third-order valence-corrected chi connectivity index (χ3v) is 3.78. The molecule has 1 heterocycles. The van der Waals surface area contributed by atoms with E-state index >= 15 is 0 Å². The number of amides is 2. The Morgan fingerprint density at radius 3 is 2.81 bits per heavy atom. The Bertz CT molecular complexity index is 545. The molecule has 0 saturated carbocycles. The predicted octanol–water partition coefficient (Wildman–Crippen LogP) is 1.77. The van der Waals surface area contributed by atoms with Gasteiger partial charge in [0.05, 0.1) is 11.3 Å². The Morgan fingerprint density at radius 1 is 1.43 bits per heavy atom. The lowest BCUT2D eigenvalue weighted by molar-refractivity contribution is 0.0698. The highest BCUT2D eigenvalue weighted by Gasteiger charge is 2.20. The van der Waals surface area contributed by atoms with Crippen LogP contribution >= 0.6 is 0 Å². The van der Waals surface area contributed by atoms with Crippen molar-refractivity contribution in [2.75, 3.05) is 32.0 Å². The summed E-state index contributed by atoms with van der Waals surface area (Å²) in [6, 6.07) is 4.56. The van der Waals surface area contributed by atoms with E-state index in [-0.39, 0.29) is 11.6 Å². The van der Waals surface area contributed by atoms with Crippen LogP contribution in [0.15, 0.2) is 18.2 Å². The fourth-order valence-corrected chi connectivity index (χ4v) is 2.60. The highest BCUT2D eigenvalue weighted by molar-refractivity contribution is 6.00. The SMILES string of the molecule is Cc1cccc(C(=O)O)c1NC(=O)NCC1CCN(C)C1. The maximum absolute atomic E-state index is 11.9. The first-order chi connectivity index (χ1) is 9.97. The number of likely N-dealkylation sites (tertiary alicyclic amines) is 1. The van der Waals surface area contributed by atoms with Gasteiger partial charge < -0.3 is 20.6 Å². The summed E-state index contributed by atoms with van der Waals surface area (Å²) in [6.45, 7) is 4.40. The third-order valence-electron chi connectivity index (χ3n) is 3.78. The molecule has 114 valence electrons. The Morgan fingerprint density at radius 2 is 2.19 bits per heavy atom. The van der Waals surface area contributed by atoms with E-state index in [0.717, 1.165) is 25.1 Å². The van der Waals surface area contributed by atoms with Crippen LogP contribution in [0.1, 0.15) is 22.3 Å². The second kappa shape index (κ2) is 6.58. The highest BCUT2D eigenvalue weighted by atomic mass is 16.4. The second-order valence-corrected chi connectivity index (χ2v) is 5.55. The molecule has 1 aromatic rings. The van der Waals surface area contributed by atoms with Gasteiger partial charge >= 0.3 is 12.0 Å². The van der Waals surface area contributed by atoms with E-state index in [1.807, 2.05) is 0 Å². The summed E-state index contributed by atoms with van der Waals surface area (Å²) >= 11 is 0. The molecule has 1 aliphatic rings. The molecule has 0 radical (unpaired) electrons. The normalized spacial score (nSPS) is 18.5. The van der Waals surface area contributed by atoms with Crippen LogP contribution in [0.2, 0.25) is 0 Å². The second-order valence-electron chi connectivity index (χ2n) is 5.55. The van der Waals surface area contributed by atoms with Crippen molar-refractivity contribution in [3.05, 3.63) is 29.3 Å². The van der Waals surface area contributed by atoms with E-state index in [1.54, 1.807) is 19.1 Å². The van der Waals surface area contributed by atoms with Crippen molar-refractivity contribution in [3.8, 4) is 0 Å². The van der Waals surface area contributed by atoms with Crippen LogP contribution in [0.4, 0.5) is 10.5 Å². The number of anilines is 1. The number of rotatable bonds is 4. The molecule has 1 atom stereocenters. The molecular formula is C15H21N3O3. The topological polar surface area (TPSA) is 81.7 Å². The number of nitrogens with one attached hydrogen (secondary N) is 2. The van der Waals surface area contributed by atoms with Gasteiger partial charge in [0.15, 0.2) is 0 Å². The fraction of sp³-hybridized carbons (Fsp3) is 0.467. The number of para-hydroxylation sites is 1. The van der Waals surface area contributed by atoms with E-state index in [4.69, 9.17) is 5.11 Å². The van der Waals surface area contributed by atoms with Crippen LogP contribution in [-0.2, 0) is 0 Å². The fourth-order valence-electron chi connectivity index (χ4n) is 2.60. The summed E-state index contributed by atoms with van der Waals surface area (Å²) in [5.41, 5.74) is 1.18. The van der Waals surface area contributed by atoms with Crippen LogP contribution in [-0.4, -0.2) is 48.7 Å². The van der Waals surface area contributed by atoms with Crippen molar-refractivity contribution < 1.29 is 14.7 Å². The van der Waals surface area contributed by atoms with Gasteiger partial charge in [-0.2, -0.15) is 0 Å². The summed E-state index contributed by atoms with van der Waals surface area (Å²) < 4.78 is 0. The first-order valence-electron chi connectivity index (χ1n) is 7.03. The summed E-state index contributed by atoms with van der Waals surface area (Å²) in [5, 5.41) is 14.6. The average molecular weight is 291 g/mol. The Hall–Kier alpha value is -2.08. The van der Waals surface area contributed by atoms with Gasteiger partial charge in [-0.15, -0.1) is 0 Å². The van der Waals surface area contributed by atoms with Crippen LogP contribution in [0.25, 0.3) is 0 Å². The maximum Gasteiger partial charge on any atom is 0.337 e. The van der Waals surface area contributed by atoms with Crippen LogP contribution in [0, 0.1) is 12.8 Å². The van der Waals surface area contributed by atoms with Gasteiger partial charge in [0, 0.05) is 13.1 Å². The molecule has 0 aliphatic carbocycles. The van der Waals surface area contributed by atoms with Gasteiger partial charge in [0.25, 0.3) is 0 Å². The molecule has 2 amide bonds. The van der Waals surface area contributed by atoms with E-state index < -0.39 is 5.97 Å². The third kappa shape index (κ3) is 3.95. The van der Waals surface area contributed by atoms with E-state index in [0.29, 0.717) is 18.2 Å². The standard InChI is InChI=1S/C15H21N3O3/c1-10-4-3-5-12(14(19)20)13(10)17-15(21)16-8-11-6-7-18(2)9-11/h3-5,11H,6-9H2,1-2H3,(H,19,20)(H2,16,17,21). The summed E-state index contributed by atoms with van der Waals surface area (Å²) in [6.07, 6.45) is 1.07. The van der Waals surface area contributed by atoms with E-state index in [2.05, 4.69) is 22.6 Å². The van der Waals surface area contributed by atoms with Gasteiger partial charge in [-0.3, -0.25) is 0 Å². The number of aryl methyl sites for hydroxylation is 1. The van der Waals surface area contributed by atoms with Gasteiger partial charge in [0.1, 0.15) is 0 Å². The molecule has 1 saturated heterocycles. The van der Waals surface area contributed by atoms with E-state index in [9.17, 15) is 9.59 Å². The molecule has 1 aliphatic heterocycles. The Kier molecular flexibility index (Phi) is 4.80. The molecule has 0 aromatic heterocycles.